The molecule has 0 fully saturated rings. The summed E-state index contributed by atoms with van der Waals surface area (Å²) in [5, 5.41) is 0.413. The van der Waals surface area contributed by atoms with Crippen molar-refractivity contribution in [2.45, 2.75) is 47.5 Å². The lowest BCUT2D eigenvalue weighted by molar-refractivity contribution is 0.0531. The SMILES string of the molecule is CCCc1c(C(=O)OCC)sc(N)c1C(=O)C(C)(C)C. The van der Waals surface area contributed by atoms with Gasteiger partial charge in [0.15, 0.2) is 5.78 Å². The number of carbonyl (C=O) groups excluding carboxylic acids is 2. The first-order valence-electron chi connectivity index (χ1n) is 6.87. The highest BCUT2D eigenvalue weighted by molar-refractivity contribution is 7.18. The Hall–Kier alpha value is -1.36. The second-order valence-corrected chi connectivity index (χ2v) is 6.75. The monoisotopic (exact) mass is 297 g/mol. The number of anilines is 1. The zero-order chi connectivity index (χ0) is 15.5. The third-order valence-electron chi connectivity index (χ3n) is 2.90. The van der Waals surface area contributed by atoms with Crippen LogP contribution < -0.4 is 5.73 Å². The first-order valence-corrected chi connectivity index (χ1v) is 7.68. The van der Waals surface area contributed by atoms with Gasteiger partial charge in [-0.1, -0.05) is 34.1 Å². The molecule has 5 heteroatoms. The molecule has 0 atom stereocenters. The normalized spacial score (nSPS) is 11.4. The summed E-state index contributed by atoms with van der Waals surface area (Å²) in [5.41, 5.74) is 6.72. The highest BCUT2D eigenvalue weighted by Crippen LogP contribution is 2.36. The molecule has 0 spiro atoms. The van der Waals surface area contributed by atoms with Gasteiger partial charge in [-0.3, -0.25) is 4.79 Å². The van der Waals surface area contributed by atoms with Crippen LogP contribution in [0, 0.1) is 5.41 Å². The van der Waals surface area contributed by atoms with Gasteiger partial charge in [0.2, 0.25) is 0 Å². The highest BCUT2D eigenvalue weighted by Gasteiger charge is 2.31. The van der Waals surface area contributed by atoms with Gasteiger partial charge in [-0.05, 0) is 18.9 Å². The zero-order valence-corrected chi connectivity index (χ0v) is 13.6. The molecule has 0 radical (unpaired) electrons. The van der Waals surface area contributed by atoms with Crippen molar-refractivity contribution < 1.29 is 14.3 Å². The number of hydrogen-bond donors (Lipinski definition) is 1. The van der Waals surface area contributed by atoms with Crippen molar-refractivity contribution in [2.75, 3.05) is 12.3 Å². The Labute approximate surface area is 124 Å². The van der Waals surface area contributed by atoms with Crippen molar-refractivity contribution in [3.05, 3.63) is 16.0 Å². The topological polar surface area (TPSA) is 69.4 Å². The van der Waals surface area contributed by atoms with Crippen LogP contribution in [0.4, 0.5) is 5.00 Å². The molecule has 20 heavy (non-hydrogen) atoms. The fourth-order valence-electron chi connectivity index (χ4n) is 1.96. The molecule has 1 aromatic rings. The highest BCUT2D eigenvalue weighted by atomic mass is 32.1. The van der Waals surface area contributed by atoms with Gasteiger partial charge >= 0.3 is 5.97 Å². The Kier molecular flexibility index (Phi) is 5.34. The Morgan fingerprint density at radius 2 is 1.85 bits per heavy atom. The van der Waals surface area contributed by atoms with Crippen LogP contribution in [-0.4, -0.2) is 18.4 Å². The van der Waals surface area contributed by atoms with Gasteiger partial charge in [-0.25, -0.2) is 4.79 Å². The molecule has 4 nitrogen and oxygen atoms in total. The van der Waals surface area contributed by atoms with Gasteiger partial charge in [-0.2, -0.15) is 0 Å². The van der Waals surface area contributed by atoms with E-state index < -0.39 is 5.41 Å². The maximum absolute atomic E-state index is 12.6. The van der Waals surface area contributed by atoms with Crippen LogP contribution in [0.5, 0.6) is 0 Å². The summed E-state index contributed by atoms with van der Waals surface area (Å²) in [6.07, 6.45) is 1.49. The van der Waals surface area contributed by atoms with E-state index in [1.807, 2.05) is 27.7 Å². The van der Waals surface area contributed by atoms with Crippen molar-refractivity contribution in [3.63, 3.8) is 0 Å². The van der Waals surface area contributed by atoms with Crippen LogP contribution in [-0.2, 0) is 11.2 Å². The van der Waals surface area contributed by atoms with Crippen molar-refractivity contribution in [1.82, 2.24) is 0 Å². The van der Waals surface area contributed by atoms with Gasteiger partial charge < -0.3 is 10.5 Å². The molecule has 0 aromatic carbocycles. The van der Waals surface area contributed by atoms with Crippen LogP contribution in [0.2, 0.25) is 0 Å². The van der Waals surface area contributed by atoms with Crippen molar-refractivity contribution in [2.24, 2.45) is 5.41 Å². The smallest absolute Gasteiger partial charge is 0.348 e. The second-order valence-electron chi connectivity index (χ2n) is 5.70. The molecule has 0 aliphatic heterocycles. The van der Waals surface area contributed by atoms with Gasteiger partial charge in [0.1, 0.15) is 4.88 Å². The number of carbonyl (C=O) groups is 2. The largest absolute Gasteiger partial charge is 0.462 e. The maximum Gasteiger partial charge on any atom is 0.348 e. The lowest BCUT2D eigenvalue weighted by Gasteiger charge is -2.17. The molecule has 0 saturated carbocycles. The summed E-state index contributed by atoms with van der Waals surface area (Å²) in [6, 6.07) is 0. The van der Waals surface area contributed by atoms with E-state index in [2.05, 4.69) is 0 Å². The minimum absolute atomic E-state index is 0.0229. The van der Waals surface area contributed by atoms with Crippen molar-refractivity contribution in [3.8, 4) is 0 Å². The quantitative estimate of drug-likeness (QED) is 0.664. The fourth-order valence-corrected chi connectivity index (χ4v) is 2.97. The average molecular weight is 297 g/mol. The summed E-state index contributed by atoms with van der Waals surface area (Å²) in [6.45, 7) is 9.64. The van der Waals surface area contributed by atoms with E-state index in [0.29, 0.717) is 28.5 Å². The molecule has 1 rings (SSSR count). The Bertz CT molecular complexity index is 512. The maximum atomic E-state index is 12.6. The van der Waals surface area contributed by atoms with E-state index in [9.17, 15) is 9.59 Å². The van der Waals surface area contributed by atoms with Crippen LogP contribution in [0.1, 0.15) is 66.6 Å². The Morgan fingerprint density at radius 3 is 2.30 bits per heavy atom. The third-order valence-corrected chi connectivity index (χ3v) is 3.94. The number of nitrogens with two attached hydrogens (primary N) is 1. The predicted octanol–water partition coefficient (Wildman–Crippen LogP) is 3.69. The van der Waals surface area contributed by atoms with Crippen LogP contribution in [0.15, 0.2) is 0 Å². The molecule has 0 aliphatic rings. The first-order chi connectivity index (χ1) is 9.23. The summed E-state index contributed by atoms with van der Waals surface area (Å²) in [5.74, 6) is -0.411. The summed E-state index contributed by atoms with van der Waals surface area (Å²) >= 11 is 1.16. The zero-order valence-electron chi connectivity index (χ0n) is 12.8. The first kappa shape index (κ1) is 16.7. The van der Waals surface area contributed by atoms with E-state index >= 15 is 0 Å². The molecular formula is C15H23NO3S. The second kappa shape index (κ2) is 6.39. The lowest BCUT2D eigenvalue weighted by Crippen LogP contribution is -2.22. The number of hydrogen-bond acceptors (Lipinski definition) is 5. The predicted molar refractivity (Wildman–Crippen MR) is 82.5 cm³/mol. The van der Waals surface area contributed by atoms with E-state index in [0.717, 1.165) is 23.3 Å². The van der Waals surface area contributed by atoms with Gasteiger partial charge in [0.05, 0.1) is 17.2 Å². The van der Waals surface area contributed by atoms with Gasteiger partial charge in [0, 0.05) is 5.41 Å². The molecule has 1 heterocycles. The minimum Gasteiger partial charge on any atom is -0.462 e. The number of thiophene rings is 1. The van der Waals surface area contributed by atoms with Gasteiger partial charge in [0.25, 0.3) is 0 Å². The Balaban J connectivity index is 3.38. The molecule has 1 aromatic heterocycles. The van der Waals surface area contributed by atoms with E-state index in [-0.39, 0.29) is 11.8 Å². The lowest BCUT2D eigenvalue weighted by atomic mass is 9.84. The van der Waals surface area contributed by atoms with Crippen molar-refractivity contribution >= 4 is 28.1 Å². The molecule has 0 amide bonds. The molecule has 0 bridgehead atoms. The molecule has 0 saturated heterocycles. The van der Waals surface area contributed by atoms with Crippen LogP contribution in [0.3, 0.4) is 0 Å². The molecule has 112 valence electrons. The standard InChI is InChI=1S/C15H23NO3S/c1-6-8-9-10(12(17)15(3,4)5)13(16)20-11(9)14(18)19-7-2/h6-8,16H2,1-5H3. The number of ether oxygens (including phenoxy) is 1. The molecule has 2 N–H and O–H groups in total. The summed E-state index contributed by atoms with van der Waals surface area (Å²) in [7, 11) is 0. The number of esters is 1. The van der Waals surface area contributed by atoms with Gasteiger partial charge in [-0.15, -0.1) is 11.3 Å². The van der Waals surface area contributed by atoms with Crippen LogP contribution >= 0.6 is 11.3 Å². The minimum atomic E-state index is -0.524. The molecular weight excluding hydrogens is 274 g/mol. The van der Waals surface area contributed by atoms with Crippen LogP contribution in [0.25, 0.3) is 0 Å². The summed E-state index contributed by atoms with van der Waals surface area (Å²) < 4.78 is 5.05. The average Bonchev–Trinajstić information content (AvgIpc) is 2.65. The molecule has 0 aliphatic carbocycles. The number of rotatable bonds is 5. The van der Waals surface area contributed by atoms with E-state index in [1.54, 1.807) is 6.92 Å². The molecule has 0 unspecified atom stereocenters. The third kappa shape index (κ3) is 3.39. The summed E-state index contributed by atoms with van der Waals surface area (Å²) in [4.78, 5) is 25.0. The van der Waals surface area contributed by atoms with E-state index in [1.165, 1.54) is 0 Å². The van der Waals surface area contributed by atoms with E-state index in [4.69, 9.17) is 10.5 Å². The number of Topliss-reactive ketones (excluding diaryl/α,β-unsaturated/α-hetero) is 1. The number of ketones is 1. The number of nitrogen functional groups attached to an aromatic ring is 1. The Morgan fingerprint density at radius 1 is 1.25 bits per heavy atom. The van der Waals surface area contributed by atoms with Crippen molar-refractivity contribution in [1.29, 1.82) is 0 Å². The fraction of sp³-hybridized carbons (Fsp3) is 0.600.